The highest BCUT2D eigenvalue weighted by atomic mass is 32.2. The molecule has 0 radical (unpaired) electrons. The second-order valence-corrected chi connectivity index (χ2v) is 8.99. The van der Waals surface area contributed by atoms with Gasteiger partial charge in [0.1, 0.15) is 11.9 Å². The Morgan fingerprint density at radius 2 is 2.06 bits per heavy atom. The molecule has 9 heteroatoms. The fourth-order valence-corrected chi connectivity index (χ4v) is 4.93. The molecule has 2 aromatic heterocycles. The van der Waals surface area contributed by atoms with Gasteiger partial charge in [0.05, 0.1) is 24.0 Å². The average molecular weight is 465 g/mol. The summed E-state index contributed by atoms with van der Waals surface area (Å²) in [7, 11) is 0. The van der Waals surface area contributed by atoms with Gasteiger partial charge in [0.15, 0.2) is 11.0 Å². The molecule has 33 heavy (non-hydrogen) atoms. The Kier molecular flexibility index (Phi) is 7.16. The predicted molar refractivity (Wildman–Crippen MR) is 128 cm³/mol. The van der Waals surface area contributed by atoms with Crippen molar-refractivity contribution < 1.29 is 9.53 Å². The fraction of sp³-hybridized carbons (Fsp3) is 0.417. The van der Waals surface area contributed by atoms with E-state index >= 15 is 0 Å². The number of anilines is 1. The number of thioether (sulfide) groups is 1. The van der Waals surface area contributed by atoms with E-state index in [-0.39, 0.29) is 17.8 Å². The molecule has 3 heterocycles. The molecule has 1 aromatic carbocycles. The third-order valence-electron chi connectivity index (χ3n) is 6.01. The van der Waals surface area contributed by atoms with E-state index in [1.807, 2.05) is 60.2 Å². The lowest BCUT2D eigenvalue weighted by molar-refractivity contribution is -0.113. The zero-order valence-electron chi connectivity index (χ0n) is 19.2. The van der Waals surface area contributed by atoms with Gasteiger partial charge in [-0.1, -0.05) is 42.1 Å². The summed E-state index contributed by atoms with van der Waals surface area (Å²) < 4.78 is 9.80. The Hall–Kier alpha value is -3.09. The van der Waals surface area contributed by atoms with Gasteiger partial charge >= 0.3 is 0 Å². The molecule has 1 saturated heterocycles. The van der Waals surface area contributed by atoms with E-state index in [2.05, 4.69) is 21.6 Å². The van der Waals surface area contributed by atoms with Crippen molar-refractivity contribution in [1.82, 2.24) is 19.3 Å². The van der Waals surface area contributed by atoms with Crippen LogP contribution in [-0.2, 0) is 22.6 Å². The van der Waals surface area contributed by atoms with Gasteiger partial charge in [0, 0.05) is 24.4 Å². The number of nitriles is 1. The van der Waals surface area contributed by atoms with Crippen LogP contribution in [0.3, 0.4) is 0 Å². The normalized spacial score (nSPS) is 15.5. The number of rotatable bonds is 8. The van der Waals surface area contributed by atoms with Crippen LogP contribution in [0.4, 0.5) is 5.82 Å². The van der Waals surface area contributed by atoms with Gasteiger partial charge in [-0.15, -0.1) is 10.2 Å². The van der Waals surface area contributed by atoms with Crippen molar-refractivity contribution in [3.05, 3.63) is 47.2 Å². The number of hydrogen-bond donors (Lipinski definition) is 1. The Bertz CT molecular complexity index is 1170. The van der Waals surface area contributed by atoms with Crippen LogP contribution in [-0.4, -0.2) is 43.7 Å². The predicted octanol–water partition coefficient (Wildman–Crippen LogP) is 4.16. The summed E-state index contributed by atoms with van der Waals surface area (Å²) in [5, 5.41) is 22.0. The maximum absolute atomic E-state index is 12.9. The fourth-order valence-electron chi connectivity index (χ4n) is 4.13. The maximum Gasteiger partial charge on any atom is 0.235 e. The van der Waals surface area contributed by atoms with Crippen molar-refractivity contribution in [3.8, 4) is 17.5 Å². The smallest absolute Gasteiger partial charge is 0.235 e. The maximum atomic E-state index is 12.9. The molecule has 1 atom stereocenters. The SMILES string of the molecule is CCn1c(SCC(=O)Nc2c(C#N)c(C)c(C)n2CC2CCCO2)nnc1-c1ccccc1. The molecule has 1 N–H and O–H groups in total. The highest BCUT2D eigenvalue weighted by Gasteiger charge is 2.24. The first-order chi connectivity index (χ1) is 16.0. The second kappa shape index (κ2) is 10.2. The lowest BCUT2D eigenvalue weighted by atomic mass is 10.2. The van der Waals surface area contributed by atoms with Gasteiger partial charge < -0.3 is 19.2 Å². The van der Waals surface area contributed by atoms with Crippen molar-refractivity contribution in [1.29, 1.82) is 5.26 Å². The Morgan fingerprint density at radius 3 is 2.73 bits per heavy atom. The van der Waals surface area contributed by atoms with Crippen LogP contribution in [0.25, 0.3) is 11.4 Å². The average Bonchev–Trinajstić information content (AvgIpc) is 3.54. The second-order valence-electron chi connectivity index (χ2n) is 8.04. The highest BCUT2D eigenvalue weighted by Crippen LogP contribution is 2.29. The number of carbonyl (C=O) groups is 1. The summed E-state index contributed by atoms with van der Waals surface area (Å²) >= 11 is 1.34. The molecule has 1 amide bonds. The van der Waals surface area contributed by atoms with Crippen LogP contribution in [0, 0.1) is 25.2 Å². The highest BCUT2D eigenvalue weighted by molar-refractivity contribution is 7.99. The molecule has 0 aliphatic carbocycles. The molecular formula is C24H28N6O2S. The molecule has 1 unspecified atom stereocenters. The number of benzene rings is 1. The minimum absolute atomic E-state index is 0.103. The Labute approximate surface area is 198 Å². The van der Waals surface area contributed by atoms with E-state index < -0.39 is 0 Å². The van der Waals surface area contributed by atoms with Crippen LogP contribution in [0.2, 0.25) is 0 Å². The first kappa shape index (κ1) is 23.1. The molecular weight excluding hydrogens is 436 g/mol. The number of nitrogens with zero attached hydrogens (tertiary/aromatic N) is 5. The van der Waals surface area contributed by atoms with Crippen LogP contribution >= 0.6 is 11.8 Å². The van der Waals surface area contributed by atoms with E-state index in [0.29, 0.717) is 29.6 Å². The Morgan fingerprint density at radius 1 is 1.27 bits per heavy atom. The van der Waals surface area contributed by atoms with Crippen molar-refractivity contribution >= 4 is 23.5 Å². The molecule has 172 valence electrons. The van der Waals surface area contributed by atoms with Gasteiger partial charge in [-0.05, 0) is 39.2 Å². The standard InChI is InChI=1S/C24H28N6O2S/c1-4-29-22(18-9-6-5-7-10-18)27-28-24(29)33-15-21(31)26-23-20(13-25)16(2)17(3)30(23)14-19-11-8-12-32-19/h5-7,9-10,19H,4,8,11-12,14-15H2,1-3H3,(H,26,31). The molecule has 1 aliphatic rings. The summed E-state index contributed by atoms with van der Waals surface area (Å²) in [5.41, 5.74) is 3.35. The van der Waals surface area contributed by atoms with Gasteiger partial charge in [-0.3, -0.25) is 4.79 Å². The van der Waals surface area contributed by atoms with Gasteiger partial charge in [0.25, 0.3) is 0 Å². The van der Waals surface area contributed by atoms with E-state index in [1.165, 1.54) is 11.8 Å². The topological polar surface area (TPSA) is 97.8 Å². The van der Waals surface area contributed by atoms with Crippen molar-refractivity contribution in [3.63, 3.8) is 0 Å². The number of aromatic nitrogens is 4. The van der Waals surface area contributed by atoms with Crippen LogP contribution in [0.5, 0.6) is 0 Å². The monoisotopic (exact) mass is 464 g/mol. The molecule has 1 fully saturated rings. The summed E-state index contributed by atoms with van der Waals surface area (Å²) in [4.78, 5) is 12.9. The molecule has 0 spiro atoms. The zero-order valence-corrected chi connectivity index (χ0v) is 20.0. The summed E-state index contributed by atoms with van der Waals surface area (Å²) in [6.45, 7) is 8.01. The van der Waals surface area contributed by atoms with Gasteiger partial charge in [-0.25, -0.2) is 0 Å². The quantitative estimate of drug-likeness (QED) is 0.503. The van der Waals surface area contributed by atoms with Gasteiger partial charge in [0.2, 0.25) is 5.91 Å². The number of carbonyl (C=O) groups excluding carboxylic acids is 1. The molecule has 4 rings (SSSR count). The van der Waals surface area contributed by atoms with E-state index in [9.17, 15) is 10.1 Å². The number of hydrogen-bond acceptors (Lipinski definition) is 6. The van der Waals surface area contributed by atoms with E-state index in [4.69, 9.17) is 4.74 Å². The van der Waals surface area contributed by atoms with Crippen LogP contribution < -0.4 is 5.32 Å². The molecule has 8 nitrogen and oxygen atoms in total. The van der Waals surface area contributed by atoms with Crippen LogP contribution in [0.15, 0.2) is 35.5 Å². The summed E-state index contributed by atoms with van der Waals surface area (Å²) in [5.74, 6) is 1.32. The molecule has 3 aromatic rings. The lowest BCUT2D eigenvalue weighted by Crippen LogP contribution is -2.22. The van der Waals surface area contributed by atoms with Crippen LogP contribution in [0.1, 0.15) is 36.6 Å². The number of amides is 1. The molecule has 0 bridgehead atoms. The summed E-state index contributed by atoms with van der Waals surface area (Å²) in [6.07, 6.45) is 2.13. The van der Waals surface area contributed by atoms with Crippen molar-refractivity contribution in [2.45, 2.75) is 58.0 Å². The lowest BCUT2D eigenvalue weighted by Gasteiger charge is -2.16. The minimum atomic E-state index is -0.186. The van der Waals surface area contributed by atoms with E-state index in [0.717, 1.165) is 42.1 Å². The third kappa shape index (κ3) is 4.82. The molecule has 1 aliphatic heterocycles. The van der Waals surface area contributed by atoms with Gasteiger partial charge in [-0.2, -0.15) is 5.26 Å². The minimum Gasteiger partial charge on any atom is -0.376 e. The van der Waals surface area contributed by atoms with Crippen molar-refractivity contribution in [2.24, 2.45) is 0 Å². The summed E-state index contributed by atoms with van der Waals surface area (Å²) in [6, 6.07) is 12.1. The van der Waals surface area contributed by atoms with E-state index in [1.54, 1.807) is 0 Å². The number of nitrogens with one attached hydrogen (secondary N) is 1. The first-order valence-electron chi connectivity index (χ1n) is 11.2. The first-order valence-corrected chi connectivity index (χ1v) is 12.1. The molecule has 0 saturated carbocycles. The number of ether oxygens (including phenoxy) is 1. The zero-order chi connectivity index (χ0) is 23.4. The third-order valence-corrected chi connectivity index (χ3v) is 6.97. The van der Waals surface area contributed by atoms with Crippen molar-refractivity contribution in [2.75, 3.05) is 17.7 Å². The Balaban J connectivity index is 1.49. The largest absolute Gasteiger partial charge is 0.376 e.